The first-order chi connectivity index (χ1) is 9.95. The molecule has 6 heteroatoms. The first-order valence-corrected chi connectivity index (χ1v) is 7.00. The maximum atomic E-state index is 11.8. The molecular formula is C15H23N3O3. The average molecular weight is 293 g/mol. The molecule has 1 atom stereocenters. The number of anilines is 1. The molecule has 0 saturated carbocycles. The van der Waals surface area contributed by atoms with Gasteiger partial charge in [-0.05, 0) is 25.0 Å². The molecule has 4 N–H and O–H groups in total. The van der Waals surface area contributed by atoms with E-state index >= 15 is 0 Å². The van der Waals surface area contributed by atoms with Crippen molar-refractivity contribution < 1.29 is 14.3 Å². The molecule has 0 aliphatic heterocycles. The molecule has 0 radical (unpaired) electrons. The quantitative estimate of drug-likeness (QED) is 0.702. The maximum absolute atomic E-state index is 11.8. The molecule has 116 valence electrons. The summed E-state index contributed by atoms with van der Waals surface area (Å²) < 4.78 is 5.41. The Morgan fingerprint density at radius 2 is 1.95 bits per heavy atom. The molecular weight excluding hydrogens is 270 g/mol. The number of ether oxygens (including phenoxy) is 1. The average Bonchev–Trinajstić information content (AvgIpc) is 2.46. The molecule has 2 amide bonds. The normalized spacial score (nSPS) is 11.9. The van der Waals surface area contributed by atoms with Gasteiger partial charge in [-0.1, -0.05) is 26.0 Å². The topological polar surface area (TPSA) is 93.5 Å². The number of nitrogens with one attached hydrogen (secondary N) is 2. The molecule has 0 aromatic heterocycles. The number of hydrogen-bond donors (Lipinski definition) is 3. The molecule has 0 bridgehead atoms. The van der Waals surface area contributed by atoms with Crippen LogP contribution in [0.2, 0.25) is 0 Å². The minimum atomic E-state index is -0.617. The summed E-state index contributed by atoms with van der Waals surface area (Å²) in [5.74, 6) is -0.0463. The molecule has 0 saturated heterocycles. The summed E-state index contributed by atoms with van der Waals surface area (Å²) >= 11 is 0. The fourth-order valence-electron chi connectivity index (χ4n) is 1.63. The van der Waals surface area contributed by atoms with Gasteiger partial charge in [0.25, 0.3) is 0 Å². The van der Waals surface area contributed by atoms with Crippen LogP contribution in [-0.2, 0) is 9.59 Å². The van der Waals surface area contributed by atoms with Crippen molar-refractivity contribution in [3.05, 3.63) is 24.3 Å². The van der Waals surface area contributed by atoms with Crippen LogP contribution in [0.25, 0.3) is 0 Å². The Morgan fingerprint density at radius 3 is 2.57 bits per heavy atom. The lowest BCUT2D eigenvalue weighted by molar-refractivity contribution is -0.125. The fraction of sp³-hybridized carbons (Fsp3) is 0.467. The molecule has 21 heavy (non-hydrogen) atoms. The van der Waals surface area contributed by atoms with Gasteiger partial charge in [0, 0.05) is 0 Å². The van der Waals surface area contributed by atoms with E-state index in [0.29, 0.717) is 18.0 Å². The van der Waals surface area contributed by atoms with E-state index in [4.69, 9.17) is 10.5 Å². The minimum absolute atomic E-state index is 0.0201. The molecule has 0 unspecified atom stereocenters. The number of amides is 2. The van der Waals surface area contributed by atoms with E-state index in [1.165, 1.54) is 0 Å². The van der Waals surface area contributed by atoms with Gasteiger partial charge in [0.05, 0.1) is 24.9 Å². The standard InChI is InChI=1S/C15H23N3O3/c1-4-21-12-8-6-5-7-11(12)18-13(19)9-17-15(20)14(16)10(2)3/h5-8,10,14H,4,9,16H2,1-3H3,(H,17,20)(H,18,19)/t14-/m0/s1. The van der Waals surface area contributed by atoms with Crippen LogP contribution < -0.4 is 21.1 Å². The molecule has 0 fully saturated rings. The molecule has 6 nitrogen and oxygen atoms in total. The van der Waals surface area contributed by atoms with Gasteiger partial charge in [-0.15, -0.1) is 0 Å². The Balaban J connectivity index is 2.53. The van der Waals surface area contributed by atoms with Gasteiger partial charge in [0.2, 0.25) is 11.8 Å². The number of rotatable bonds is 7. The van der Waals surface area contributed by atoms with Crippen LogP contribution in [0.1, 0.15) is 20.8 Å². The Bertz CT molecular complexity index is 489. The van der Waals surface area contributed by atoms with Crippen LogP contribution in [0.15, 0.2) is 24.3 Å². The van der Waals surface area contributed by atoms with Gasteiger partial charge >= 0.3 is 0 Å². The van der Waals surface area contributed by atoms with Gasteiger partial charge in [-0.3, -0.25) is 9.59 Å². The molecule has 0 spiro atoms. The van der Waals surface area contributed by atoms with E-state index in [2.05, 4.69) is 10.6 Å². The van der Waals surface area contributed by atoms with E-state index < -0.39 is 6.04 Å². The van der Waals surface area contributed by atoms with Crippen LogP contribution in [0.4, 0.5) is 5.69 Å². The van der Waals surface area contributed by atoms with Gasteiger partial charge in [-0.25, -0.2) is 0 Å². The zero-order chi connectivity index (χ0) is 15.8. The number of benzene rings is 1. The van der Waals surface area contributed by atoms with E-state index in [-0.39, 0.29) is 24.3 Å². The molecule has 1 rings (SSSR count). The number of hydrogen-bond acceptors (Lipinski definition) is 4. The Morgan fingerprint density at radius 1 is 1.29 bits per heavy atom. The highest BCUT2D eigenvalue weighted by Gasteiger charge is 2.17. The van der Waals surface area contributed by atoms with Crippen molar-refractivity contribution in [2.45, 2.75) is 26.8 Å². The number of nitrogens with two attached hydrogens (primary N) is 1. The van der Waals surface area contributed by atoms with Gasteiger partial charge in [-0.2, -0.15) is 0 Å². The van der Waals surface area contributed by atoms with Crippen LogP contribution in [-0.4, -0.2) is 31.0 Å². The maximum Gasteiger partial charge on any atom is 0.243 e. The second-order valence-corrected chi connectivity index (χ2v) is 4.96. The summed E-state index contributed by atoms with van der Waals surface area (Å²) in [4.78, 5) is 23.5. The van der Waals surface area contributed by atoms with Crippen LogP contribution in [0.3, 0.4) is 0 Å². The summed E-state index contributed by atoms with van der Waals surface area (Å²) in [6.45, 7) is 5.95. The summed E-state index contributed by atoms with van der Waals surface area (Å²) in [6, 6.07) is 6.51. The predicted molar refractivity (Wildman–Crippen MR) is 82.1 cm³/mol. The van der Waals surface area contributed by atoms with Crippen molar-refractivity contribution in [1.29, 1.82) is 0 Å². The number of carbonyl (C=O) groups is 2. The van der Waals surface area contributed by atoms with Crippen molar-refractivity contribution in [3.63, 3.8) is 0 Å². The van der Waals surface area contributed by atoms with Crippen molar-refractivity contribution in [2.24, 2.45) is 11.7 Å². The molecule has 0 aliphatic rings. The third-order valence-corrected chi connectivity index (χ3v) is 2.91. The van der Waals surface area contributed by atoms with Crippen molar-refractivity contribution >= 4 is 17.5 Å². The summed E-state index contributed by atoms with van der Waals surface area (Å²) in [7, 11) is 0. The van der Waals surface area contributed by atoms with E-state index in [1.807, 2.05) is 26.8 Å². The zero-order valence-electron chi connectivity index (χ0n) is 12.7. The first-order valence-electron chi connectivity index (χ1n) is 7.00. The van der Waals surface area contributed by atoms with Crippen LogP contribution >= 0.6 is 0 Å². The van der Waals surface area contributed by atoms with Crippen molar-refractivity contribution in [1.82, 2.24) is 5.32 Å². The Hall–Kier alpha value is -2.08. The molecule has 1 aromatic carbocycles. The fourth-order valence-corrected chi connectivity index (χ4v) is 1.63. The predicted octanol–water partition coefficient (Wildman–Crippen LogP) is 1.12. The molecule has 1 aromatic rings. The summed E-state index contributed by atoms with van der Waals surface area (Å²) in [5, 5.41) is 5.22. The lowest BCUT2D eigenvalue weighted by atomic mass is 10.1. The van der Waals surface area contributed by atoms with Crippen LogP contribution in [0.5, 0.6) is 5.75 Å². The van der Waals surface area contributed by atoms with Crippen molar-refractivity contribution in [3.8, 4) is 5.75 Å². The highest BCUT2D eigenvalue weighted by molar-refractivity contribution is 5.96. The molecule has 0 heterocycles. The second kappa shape index (κ2) is 8.26. The largest absolute Gasteiger partial charge is 0.492 e. The van der Waals surface area contributed by atoms with Gasteiger partial charge in [0.1, 0.15) is 5.75 Å². The second-order valence-electron chi connectivity index (χ2n) is 4.96. The SMILES string of the molecule is CCOc1ccccc1NC(=O)CNC(=O)[C@@H](N)C(C)C. The third kappa shape index (κ3) is 5.43. The number of para-hydroxylation sites is 2. The zero-order valence-corrected chi connectivity index (χ0v) is 12.7. The van der Waals surface area contributed by atoms with Gasteiger partial charge in [0.15, 0.2) is 0 Å². The third-order valence-electron chi connectivity index (χ3n) is 2.91. The summed E-state index contributed by atoms with van der Waals surface area (Å²) in [5.41, 5.74) is 6.27. The van der Waals surface area contributed by atoms with E-state index in [1.54, 1.807) is 18.2 Å². The van der Waals surface area contributed by atoms with Gasteiger partial charge < -0.3 is 21.1 Å². The van der Waals surface area contributed by atoms with E-state index in [0.717, 1.165) is 0 Å². The van der Waals surface area contributed by atoms with Crippen LogP contribution in [0, 0.1) is 5.92 Å². The lowest BCUT2D eigenvalue weighted by Crippen LogP contribution is -2.46. The highest BCUT2D eigenvalue weighted by atomic mass is 16.5. The first kappa shape index (κ1) is 17.0. The molecule has 0 aliphatic carbocycles. The lowest BCUT2D eigenvalue weighted by Gasteiger charge is -2.15. The van der Waals surface area contributed by atoms with Crippen molar-refractivity contribution in [2.75, 3.05) is 18.5 Å². The number of carbonyl (C=O) groups excluding carboxylic acids is 2. The Kier molecular flexibility index (Phi) is 6.68. The highest BCUT2D eigenvalue weighted by Crippen LogP contribution is 2.23. The van der Waals surface area contributed by atoms with E-state index in [9.17, 15) is 9.59 Å². The monoisotopic (exact) mass is 293 g/mol. The Labute approximate surface area is 125 Å². The summed E-state index contributed by atoms with van der Waals surface area (Å²) in [6.07, 6.45) is 0. The smallest absolute Gasteiger partial charge is 0.243 e. The minimum Gasteiger partial charge on any atom is -0.492 e.